The van der Waals surface area contributed by atoms with Gasteiger partial charge >= 0.3 is 0 Å². The van der Waals surface area contributed by atoms with Crippen LogP contribution in [0.25, 0.3) is 0 Å². The van der Waals surface area contributed by atoms with E-state index in [1.54, 1.807) is 0 Å². The predicted octanol–water partition coefficient (Wildman–Crippen LogP) is 5.66. The minimum atomic E-state index is 0.373. The van der Waals surface area contributed by atoms with Gasteiger partial charge in [-0.15, -0.1) is 0 Å². The fraction of sp³-hybridized carbons (Fsp3) is 1.00. The lowest BCUT2D eigenvalue weighted by Gasteiger charge is -2.16. The van der Waals surface area contributed by atoms with Crippen LogP contribution < -0.4 is 0 Å². The van der Waals surface area contributed by atoms with Crippen molar-refractivity contribution >= 4 is 0 Å². The van der Waals surface area contributed by atoms with E-state index in [9.17, 15) is 0 Å². The van der Waals surface area contributed by atoms with Crippen molar-refractivity contribution in [1.29, 1.82) is 0 Å². The minimum absolute atomic E-state index is 0.373. The van der Waals surface area contributed by atoms with E-state index < -0.39 is 0 Å². The average molecular weight is 317 g/mol. The number of rotatable bonds is 12. The van der Waals surface area contributed by atoms with Crippen molar-refractivity contribution in [3.8, 4) is 0 Å². The van der Waals surface area contributed by atoms with E-state index in [-0.39, 0.29) is 0 Å². The molecule has 22 heavy (non-hydrogen) atoms. The van der Waals surface area contributed by atoms with Crippen molar-refractivity contribution in [1.82, 2.24) is 0 Å². The second-order valence-corrected chi connectivity index (χ2v) is 7.39. The first-order chi connectivity index (χ1) is 10.4. The summed E-state index contributed by atoms with van der Waals surface area (Å²) in [5.74, 6) is 2.66. The Morgan fingerprint density at radius 1 is 0.682 bits per heavy atom. The zero-order valence-electron chi connectivity index (χ0n) is 16.3. The molecule has 0 saturated carbocycles. The summed E-state index contributed by atoms with van der Waals surface area (Å²) in [6, 6.07) is 0. The van der Waals surface area contributed by atoms with Crippen molar-refractivity contribution < 1.29 is 10.2 Å². The lowest BCUT2D eigenvalue weighted by molar-refractivity contribution is 0.193. The van der Waals surface area contributed by atoms with Gasteiger partial charge in [0.1, 0.15) is 0 Å². The molecule has 0 aromatic heterocycles. The normalized spacial score (nSPS) is 15.1. The number of aliphatic hydroxyl groups excluding tert-OH is 2. The summed E-state index contributed by atoms with van der Waals surface area (Å²) in [5.41, 5.74) is 0. The molecule has 0 aromatic carbocycles. The fourth-order valence-electron chi connectivity index (χ4n) is 2.73. The van der Waals surface area contributed by atoms with Gasteiger partial charge in [0.2, 0.25) is 0 Å². The molecule has 0 aliphatic carbocycles. The molecule has 0 spiro atoms. The van der Waals surface area contributed by atoms with E-state index in [2.05, 4.69) is 41.5 Å². The molecule has 0 saturated heterocycles. The Hall–Kier alpha value is -0.0800. The van der Waals surface area contributed by atoms with E-state index in [0.29, 0.717) is 25.0 Å². The third-order valence-corrected chi connectivity index (χ3v) is 4.50. The van der Waals surface area contributed by atoms with Crippen molar-refractivity contribution in [2.75, 3.05) is 13.2 Å². The molecule has 3 unspecified atom stereocenters. The topological polar surface area (TPSA) is 40.5 Å². The predicted molar refractivity (Wildman–Crippen MR) is 99.1 cm³/mol. The smallest absolute Gasteiger partial charge is 0.0459 e. The van der Waals surface area contributed by atoms with E-state index in [0.717, 1.165) is 11.8 Å². The third kappa shape index (κ3) is 16.3. The maximum atomic E-state index is 9.00. The maximum absolute atomic E-state index is 9.00. The second kappa shape index (κ2) is 17.3. The molecule has 2 N–H and O–H groups in total. The van der Waals surface area contributed by atoms with Crippen molar-refractivity contribution in [2.24, 2.45) is 23.7 Å². The standard InChI is InChI=1S/2C10H22O/c1-4-5-10(8-11)7-6-9(2)3;1-4-6-10(8-11)7-9(3)5-2/h2*9-11H,4-8H2,1-3H3. The van der Waals surface area contributed by atoms with Crippen LogP contribution in [0.2, 0.25) is 0 Å². The maximum Gasteiger partial charge on any atom is 0.0459 e. The van der Waals surface area contributed by atoms with Gasteiger partial charge in [-0.25, -0.2) is 0 Å². The first-order valence-corrected chi connectivity index (χ1v) is 9.66. The Morgan fingerprint density at radius 2 is 1.18 bits per heavy atom. The van der Waals surface area contributed by atoms with Gasteiger partial charge in [0.25, 0.3) is 0 Å². The first-order valence-electron chi connectivity index (χ1n) is 9.66. The molecule has 0 aromatic rings. The summed E-state index contributed by atoms with van der Waals surface area (Å²) in [5, 5.41) is 18.0. The number of hydrogen-bond acceptors (Lipinski definition) is 2. The summed E-state index contributed by atoms with van der Waals surface area (Å²) in [7, 11) is 0. The molecule has 0 aliphatic heterocycles. The summed E-state index contributed by atoms with van der Waals surface area (Å²) in [6.45, 7) is 14.1. The minimum Gasteiger partial charge on any atom is -0.396 e. The van der Waals surface area contributed by atoms with Crippen LogP contribution in [0.3, 0.4) is 0 Å². The van der Waals surface area contributed by atoms with Crippen LogP contribution in [0.1, 0.15) is 92.9 Å². The number of hydrogen-bond donors (Lipinski definition) is 2. The van der Waals surface area contributed by atoms with Gasteiger partial charge < -0.3 is 10.2 Å². The molecule has 136 valence electrons. The zero-order chi connectivity index (χ0) is 17.4. The van der Waals surface area contributed by atoms with Gasteiger partial charge in [-0.3, -0.25) is 0 Å². The van der Waals surface area contributed by atoms with Gasteiger partial charge in [-0.1, -0.05) is 67.2 Å². The molecule has 0 amide bonds. The Labute approximate surface area is 140 Å². The molecule has 0 fully saturated rings. The zero-order valence-corrected chi connectivity index (χ0v) is 16.3. The van der Waals surface area contributed by atoms with E-state index >= 15 is 0 Å². The highest BCUT2D eigenvalue weighted by Crippen LogP contribution is 2.18. The molecule has 3 atom stereocenters. The van der Waals surface area contributed by atoms with Crippen LogP contribution in [-0.4, -0.2) is 23.4 Å². The average Bonchev–Trinajstić information content (AvgIpc) is 2.51. The van der Waals surface area contributed by atoms with Gasteiger partial charge in [0.15, 0.2) is 0 Å². The summed E-state index contributed by atoms with van der Waals surface area (Å²) in [4.78, 5) is 0. The quantitative estimate of drug-likeness (QED) is 0.487. The van der Waals surface area contributed by atoms with Crippen molar-refractivity contribution in [3.63, 3.8) is 0 Å². The summed E-state index contributed by atoms with van der Waals surface area (Å²) >= 11 is 0. The Morgan fingerprint density at radius 3 is 1.55 bits per heavy atom. The molecule has 2 nitrogen and oxygen atoms in total. The van der Waals surface area contributed by atoms with Crippen LogP contribution in [0.5, 0.6) is 0 Å². The van der Waals surface area contributed by atoms with Gasteiger partial charge in [-0.2, -0.15) is 0 Å². The third-order valence-electron chi connectivity index (χ3n) is 4.50. The molecule has 0 aliphatic rings. The van der Waals surface area contributed by atoms with Gasteiger partial charge in [0.05, 0.1) is 0 Å². The van der Waals surface area contributed by atoms with E-state index in [1.165, 1.54) is 51.4 Å². The van der Waals surface area contributed by atoms with E-state index in [1.807, 2.05) is 0 Å². The highest BCUT2D eigenvalue weighted by molar-refractivity contribution is 4.61. The SMILES string of the molecule is CCCC(CO)CC(C)CC.CCCC(CO)CCC(C)C. The van der Waals surface area contributed by atoms with Crippen LogP contribution in [0, 0.1) is 23.7 Å². The lowest BCUT2D eigenvalue weighted by Crippen LogP contribution is -2.09. The van der Waals surface area contributed by atoms with Crippen LogP contribution in [0.4, 0.5) is 0 Å². The molecule has 2 heteroatoms. The van der Waals surface area contributed by atoms with Gasteiger partial charge in [-0.05, 0) is 49.4 Å². The van der Waals surface area contributed by atoms with Crippen LogP contribution in [0.15, 0.2) is 0 Å². The number of aliphatic hydroxyl groups is 2. The monoisotopic (exact) mass is 316 g/mol. The summed E-state index contributed by atoms with van der Waals surface area (Å²) < 4.78 is 0. The lowest BCUT2D eigenvalue weighted by atomic mass is 9.91. The van der Waals surface area contributed by atoms with Crippen LogP contribution >= 0.6 is 0 Å². The summed E-state index contributed by atoms with van der Waals surface area (Å²) in [6.07, 6.45) is 9.64. The molecule has 0 radical (unpaired) electrons. The molecule has 0 rings (SSSR count). The highest BCUT2D eigenvalue weighted by Gasteiger charge is 2.09. The molecule has 0 heterocycles. The van der Waals surface area contributed by atoms with Crippen LogP contribution in [-0.2, 0) is 0 Å². The first kappa shape index (κ1) is 24.2. The van der Waals surface area contributed by atoms with Crippen molar-refractivity contribution in [3.05, 3.63) is 0 Å². The Balaban J connectivity index is 0. The Kier molecular flexibility index (Phi) is 19.0. The fourth-order valence-corrected chi connectivity index (χ4v) is 2.73. The van der Waals surface area contributed by atoms with E-state index in [4.69, 9.17) is 10.2 Å². The molecular weight excluding hydrogens is 272 g/mol. The molecule has 0 bridgehead atoms. The highest BCUT2D eigenvalue weighted by atomic mass is 16.3. The largest absolute Gasteiger partial charge is 0.396 e. The van der Waals surface area contributed by atoms with Gasteiger partial charge in [0, 0.05) is 13.2 Å². The molecular formula is C20H44O2. The Bertz CT molecular complexity index is 204. The van der Waals surface area contributed by atoms with Crippen molar-refractivity contribution in [2.45, 2.75) is 92.9 Å². The second-order valence-electron chi connectivity index (χ2n) is 7.39.